The van der Waals surface area contributed by atoms with Gasteiger partial charge in [-0.15, -0.1) is 0 Å². The fourth-order valence-corrected chi connectivity index (χ4v) is 1.76. The molecule has 2 aromatic rings. The van der Waals surface area contributed by atoms with E-state index in [1.807, 2.05) is 42.5 Å². The van der Waals surface area contributed by atoms with E-state index < -0.39 is 0 Å². The van der Waals surface area contributed by atoms with Crippen molar-refractivity contribution in [1.29, 1.82) is 5.26 Å². The second-order valence-corrected chi connectivity index (χ2v) is 4.17. The van der Waals surface area contributed by atoms with E-state index in [0.29, 0.717) is 5.56 Å². The van der Waals surface area contributed by atoms with Gasteiger partial charge < -0.3 is 5.32 Å². The molecule has 1 aromatic heterocycles. The van der Waals surface area contributed by atoms with Gasteiger partial charge in [0, 0.05) is 18.8 Å². The summed E-state index contributed by atoms with van der Waals surface area (Å²) in [5, 5.41) is 12.2. The summed E-state index contributed by atoms with van der Waals surface area (Å²) in [5.41, 5.74) is 2.82. The maximum Gasteiger partial charge on any atom is 0.0991 e. The second kappa shape index (κ2) is 5.95. The van der Waals surface area contributed by atoms with Crippen molar-refractivity contribution in [3.8, 4) is 6.07 Å². The molecule has 0 radical (unpaired) electrons. The summed E-state index contributed by atoms with van der Waals surface area (Å²) in [7, 11) is 0. The molecule has 0 saturated heterocycles. The number of nitriles is 1. The van der Waals surface area contributed by atoms with Gasteiger partial charge in [0.15, 0.2) is 0 Å². The minimum Gasteiger partial charge on any atom is -0.305 e. The molecule has 0 aliphatic rings. The van der Waals surface area contributed by atoms with Gasteiger partial charge in [-0.2, -0.15) is 5.26 Å². The van der Waals surface area contributed by atoms with Crippen LogP contribution in [0.3, 0.4) is 0 Å². The third-order valence-electron chi connectivity index (χ3n) is 2.80. The maximum atomic E-state index is 8.84. The Bertz CT molecular complexity index is 543. The third-order valence-corrected chi connectivity index (χ3v) is 2.80. The zero-order valence-corrected chi connectivity index (χ0v) is 10.3. The molecule has 0 amide bonds. The molecule has 1 heterocycles. The lowest BCUT2D eigenvalue weighted by Crippen LogP contribution is -2.18. The van der Waals surface area contributed by atoms with E-state index in [4.69, 9.17) is 5.26 Å². The normalized spacial score (nSPS) is 11.8. The molecule has 0 bridgehead atoms. The molecule has 0 saturated carbocycles. The van der Waals surface area contributed by atoms with Gasteiger partial charge in [0.2, 0.25) is 0 Å². The van der Waals surface area contributed by atoms with E-state index >= 15 is 0 Å². The van der Waals surface area contributed by atoms with Gasteiger partial charge in [0.25, 0.3) is 0 Å². The molecule has 18 heavy (non-hydrogen) atoms. The molecule has 1 atom stereocenters. The van der Waals surface area contributed by atoms with Gasteiger partial charge in [-0.1, -0.05) is 18.2 Å². The predicted molar refractivity (Wildman–Crippen MR) is 70.6 cm³/mol. The molecule has 2 rings (SSSR count). The van der Waals surface area contributed by atoms with E-state index in [0.717, 1.165) is 17.8 Å². The van der Waals surface area contributed by atoms with Crippen molar-refractivity contribution >= 4 is 0 Å². The van der Waals surface area contributed by atoms with E-state index in [9.17, 15) is 0 Å². The van der Waals surface area contributed by atoms with Crippen LogP contribution in [0.1, 0.15) is 29.8 Å². The lowest BCUT2D eigenvalue weighted by molar-refractivity contribution is 0.561. The first-order chi connectivity index (χ1) is 8.79. The lowest BCUT2D eigenvalue weighted by Gasteiger charge is -2.13. The van der Waals surface area contributed by atoms with Crippen LogP contribution in [0.2, 0.25) is 0 Å². The highest BCUT2D eigenvalue weighted by Crippen LogP contribution is 2.10. The molecule has 0 unspecified atom stereocenters. The number of benzene rings is 1. The van der Waals surface area contributed by atoms with Crippen molar-refractivity contribution < 1.29 is 0 Å². The summed E-state index contributed by atoms with van der Waals surface area (Å²) in [6.07, 6.45) is 1.80. The second-order valence-electron chi connectivity index (χ2n) is 4.17. The Balaban J connectivity index is 1.97. The van der Waals surface area contributed by atoms with Crippen LogP contribution in [-0.2, 0) is 6.54 Å². The van der Waals surface area contributed by atoms with Crippen molar-refractivity contribution in [2.45, 2.75) is 19.5 Å². The topological polar surface area (TPSA) is 48.7 Å². The van der Waals surface area contributed by atoms with Crippen molar-refractivity contribution in [2.75, 3.05) is 0 Å². The standard InChI is InChI=1S/C15H15N3/c1-12(15-7-2-3-8-17-15)18-11-14-6-4-5-13(9-14)10-16/h2-9,12,18H,11H2,1H3/t12-/m1/s1. The van der Waals surface area contributed by atoms with E-state index in [1.165, 1.54) is 0 Å². The minimum atomic E-state index is 0.192. The summed E-state index contributed by atoms with van der Waals surface area (Å²) in [5.74, 6) is 0. The van der Waals surface area contributed by atoms with Gasteiger partial charge >= 0.3 is 0 Å². The molecule has 90 valence electrons. The average molecular weight is 237 g/mol. The van der Waals surface area contributed by atoms with Crippen LogP contribution in [0.4, 0.5) is 0 Å². The lowest BCUT2D eigenvalue weighted by atomic mass is 10.1. The van der Waals surface area contributed by atoms with Crippen molar-refractivity contribution in [3.63, 3.8) is 0 Å². The van der Waals surface area contributed by atoms with Crippen molar-refractivity contribution in [1.82, 2.24) is 10.3 Å². The fourth-order valence-electron chi connectivity index (χ4n) is 1.76. The predicted octanol–water partition coefficient (Wildman–Crippen LogP) is 2.80. The first-order valence-electron chi connectivity index (χ1n) is 5.93. The largest absolute Gasteiger partial charge is 0.305 e. The van der Waals surface area contributed by atoms with Crippen molar-refractivity contribution in [2.24, 2.45) is 0 Å². The van der Waals surface area contributed by atoms with Gasteiger partial charge in [0.1, 0.15) is 0 Å². The number of nitrogens with one attached hydrogen (secondary N) is 1. The Morgan fingerprint density at radius 2 is 2.17 bits per heavy atom. The third kappa shape index (κ3) is 3.16. The van der Waals surface area contributed by atoms with Crippen LogP contribution in [0, 0.1) is 11.3 Å². The number of rotatable bonds is 4. The zero-order valence-electron chi connectivity index (χ0n) is 10.3. The smallest absolute Gasteiger partial charge is 0.0991 e. The summed E-state index contributed by atoms with van der Waals surface area (Å²) < 4.78 is 0. The van der Waals surface area contributed by atoms with E-state index in [-0.39, 0.29) is 6.04 Å². The Kier molecular flexibility index (Phi) is 4.06. The first-order valence-corrected chi connectivity index (χ1v) is 5.93. The highest BCUT2D eigenvalue weighted by atomic mass is 14.9. The number of hydrogen-bond acceptors (Lipinski definition) is 3. The summed E-state index contributed by atoms with van der Waals surface area (Å²) in [4.78, 5) is 4.31. The summed E-state index contributed by atoms with van der Waals surface area (Å²) >= 11 is 0. The quantitative estimate of drug-likeness (QED) is 0.889. The highest BCUT2D eigenvalue weighted by molar-refractivity contribution is 5.32. The zero-order chi connectivity index (χ0) is 12.8. The Morgan fingerprint density at radius 1 is 1.28 bits per heavy atom. The van der Waals surface area contributed by atoms with Crippen LogP contribution in [0.25, 0.3) is 0 Å². The molecular weight excluding hydrogens is 222 g/mol. The number of nitrogens with zero attached hydrogens (tertiary/aromatic N) is 2. The SMILES string of the molecule is C[C@@H](NCc1cccc(C#N)c1)c1ccccn1. The highest BCUT2D eigenvalue weighted by Gasteiger charge is 2.05. The molecule has 0 spiro atoms. The molecule has 1 N–H and O–H groups in total. The molecule has 0 aliphatic heterocycles. The van der Waals surface area contributed by atoms with Gasteiger partial charge in [-0.3, -0.25) is 4.98 Å². The molecule has 0 aliphatic carbocycles. The molecule has 1 aromatic carbocycles. The van der Waals surface area contributed by atoms with Gasteiger partial charge in [0.05, 0.1) is 17.3 Å². The summed E-state index contributed by atoms with van der Waals surface area (Å²) in [6.45, 7) is 2.81. The maximum absolute atomic E-state index is 8.84. The minimum absolute atomic E-state index is 0.192. The van der Waals surface area contributed by atoms with Gasteiger partial charge in [-0.05, 0) is 36.8 Å². The van der Waals surface area contributed by atoms with Crippen LogP contribution in [0.5, 0.6) is 0 Å². The molecule has 0 fully saturated rings. The van der Waals surface area contributed by atoms with Crippen LogP contribution in [-0.4, -0.2) is 4.98 Å². The Morgan fingerprint density at radius 3 is 2.89 bits per heavy atom. The molecular formula is C15H15N3. The molecule has 3 nitrogen and oxygen atoms in total. The van der Waals surface area contributed by atoms with Crippen LogP contribution < -0.4 is 5.32 Å². The Labute approximate surface area is 107 Å². The van der Waals surface area contributed by atoms with E-state index in [1.54, 1.807) is 6.20 Å². The monoisotopic (exact) mass is 237 g/mol. The Hall–Kier alpha value is -2.18. The van der Waals surface area contributed by atoms with Crippen molar-refractivity contribution in [3.05, 3.63) is 65.5 Å². The van der Waals surface area contributed by atoms with Crippen LogP contribution in [0.15, 0.2) is 48.7 Å². The fraction of sp³-hybridized carbons (Fsp3) is 0.200. The number of aromatic nitrogens is 1. The number of hydrogen-bond donors (Lipinski definition) is 1. The first kappa shape index (κ1) is 12.3. The van der Waals surface area contributed by atoms with Gasteiger partial charge in [-0.25, -0.2) is 0 Å². The molecule has 3 heteroatoms. The average Bonchev–Trinajstić information content (AvgIpc) is 2.46. The van der Waals surface area contributed by atoms with Crippen LogP contribution >= 0.6 is 0 Å². The summed E-state index contributed by atoms with van der Waals surface area (Å²) in [6, 6.07) is 15.9. The van der Waals surface area contributed by atoms with E-state index in [2.05, 4.69) is 23.3 Å². The number of pyridine rings is 1.